The number of halogens is 2. The van der Waals surface area contributed by atoms with Crippen LogP contribution in [0.4, 0.5) is 0 Å². The Kier molecular flexibility index (Phi) is 11.2. The van der Waals surface area contributed by atoms with Gasteiger partial charge in [-0.25, -0.2) is 10.4 Å². The minimum absolute atomic E-state index is 0. The summed E-state index contributed by atoms with van der Waals surface area (Å²) in [5.41, 5.74) is 0. The number of rotatable bonds is 2. The first-order chi connectivity index (χ1) is 5.73. The zero-order valence-electron chi connectivity index (χ0n) is 11.0. The van der Waals surface area contributed by atoms with Gasteiger partial charge in [-0.1, -0.05) is 39.3 Å². The van der Waals surface area contributed by atoms with E-state index in [0.717, 1.165) is 6.42 Å². The summed E-state index contributed by atoms with van der Waals surface area (Å²) in [6.45, 7) is 14.6. The molecule has 0 atom stereocenters. The molecule has 1 radical (unpaired) electrons. The zero-order chi connectivity index (χ0) is 10.3. The van der Waals surface area contributed by atoms with Crippen LogP contribution >= 0.6 is 0 Å². The minimum atomic E-state index is -1.13. The molecule has 5 heteroatoms. The van der Waals surface area contributed by atoms with Crippen LogP contribution in [0.2, 0.25) is 39.3 Å². The van der Waals surface area contributed by atoms with Crippen molar-refractivity contribution in [2.24, 2.45) is 0 Å². The van der Waals surface area contributed by atoms with E-state index in [-0.39, 0.29) is 55.9 Å². The van der Waals surface area contributed by atoms with Crippen LogP contribution in [0.3, 0.4) is 0 Å². The Morgan fingerprint density at radius 2 is 1.38 bits per heavy atom. The number of allylic oxidation sites excluding steroid dienone is 4. The standard InChI is InChI=1S/C11H21Si2.2ClH.U/c1-12(2,3)10-8-7-9-11(10)13(4,5)6;;;/h8H,7H2,1-6H3;2*1H;/q-1;;;+3/p-2. The van der Waals surface area contributed by atoms with Crippen LogP contribution in [0.15, 0.2) is 16.5 Å². The van der Waals surface area contributed by atoms with Crippen molar-refractivity contribution in [3.8, 4) is 0 Å². The van der Waals surface area contributed by atoms with Crippen LogP contribution < -0.4 is 24.8 Å². The predicted octanol–water partition coefficient (Wildman–Crippen LogP) is -2.19. The average molecular weight is 518 g/mol. The van der Waals surface area contributed by atoms with Crippen LogP contribution in [0, 0.1) is 37.2 Å². The minimum Gasteiger partial charge on any atom is -1.00 e. The van der Waals surface area contributed by atoms with Crippen LogP contribution in [0.25, 0.3) is 0 Å². The van der Waals surface area contributed by atoms with Crippen molar-refractivity contribution >= 4 is 16.1 Å². The maximum absolute atomic E-state index is 3.57. The first-order valence-electron chi connectivity index (χ1n) is 5.05. The average Bonchev–Trinajstić information content (AvgIpc) is 2.27. The van der Waals surface area contributed by atoms with Gasteiger partial charge in [0, 0.05) is 8.07 Å². The molecule has 1 rings (SSSR count). The van der Waals surface area contributed by atoms with Gasteiger partial charge in [0.05, 0.1) is 0 Å². The largest absolute Gasteiger partial charge is 3.00 e. The molecule has 0 aromatic rings. The van der Waals surface area contributed by atoms with Crippen LogP contribution in [0.1, 0.15) is 6.42 Å². The van der Waals surface area contributed by atoms with Crippen molar-refractivity contribution in [1.29, 1.82) is 0 Å². The molecular weight excluding hydrogens is 497 g/mol. The van der Waals surface area contributed by atoms with Gasteiger partial charge in [-0.2, -0.15) is 6.08 Å². The number of hydrogen-bond acceptors (Lipinski definition) is 0. The molecule has 0 aromatic heterocycles. The van der Waals surface area contributed by atoms with E-state index in [1.54, 1.807) is 10.4 Å². The summed E-state index contributed by atoms with van der Waals surface area (Å²) in [5.74, 6) is 0. The van der Waals surface area contributed by atoms with Crippen molar-refractivity contribution in [3.05, 3.63) is 22.5 Å². The van der Waals surface area contributed by atoms with E-state index in [1.807, 2.05) is 0 Å². The van der Waals surface area contributed by atoms with E-state index < -0.39 is 16.1 Å². The fourth-order valence-corrected chi connectivity index (χ4v) is 7.15. The van der Waals surface area contributed by atoms with E-state index in [4.69, 9.17) is 0 Å². The van der Waals surface area contributed by atoms with Gasteiger partial charge in [0.15, 0.2) is 0 Å². The van der Waals surface area contributed by atoms with Gasteiger partial charge >= 0.3 is 31.1 Å². The first kappa shape index (κ1) is 22.7. The smallest absolute Gasteiger partial charge is 1.00 e. The van der Waals surface area contributed by atoms with Gasteiger partial charge in [0.1, 0.15) is 0 Å². The number of hydrogen-bond donors (Lipinski definition) is 0. The van der Waals surface area contributed by atoms with Crippen LogP contribution in [-0.4, -0.2) is 16.1 Å². The van der Waals surface area contributed by atoms with Crippen molar-refractivity contribution in [1.82, 2.24) is 0 Å². The maximum atomic E-state index is 3.57. The summed E-state index contributed by atoms with van der Waals surface area (Å²) >= 11 is 0. The summed E-state index contributed by atoms with van der Waals surface area (Å²) in [6.07, 6.45) is 7.06. The Labute approximate surface area is 139 Å². The Balaban J connectivity index is -0.000000563. The normalized spacial score (nSPS) is 15.1. The predicted molar refractivity (Wildman–Crippen MR) is 66.1 cm³/mol. The second-order valence-corrected chi connectivity index (χ2v) is 15.9. The first-order valence-corrected chi connectivity index (χ1v) is 12.1. The van der Waals surface area contributed by atoms with Crippen molar-refractivity contribution < 1.29 is 55.9 Å². The fraction of sp³-hybridized carbons (Fsp3) is 0.636. The summed E-state index contributed by atoms with van der Waals surface area (Å²) in [5, 5.41) is 3.30. The van der Waals surface area contributed by atoms with Crippen LogP contribution in [-0.2, 0) is 0 Å². The molecule has 0 saturated carbocycles. The van der Waals surface area contributed by atoms with E-state index in [0.29, 0.717) is 0 Å². The molecular formula is C11H21Cl2Si2U. The molecule has 0 aliphatic heterocycles. The quantitative estimate of drug-likeness (QED) is 0.288. The molecule has 0 saturated heterocycles. The van der Waals surface area contributed by atoms with E-state index in [9.17, 15) is 0 Å². The SMILES string of the molecule is C[Si](C)(C)C1=[C-]CC=C1[Si](C)(C)C.[Cl-].[Cl-].[U+3]. The van der Waals surface area contributed by atoms with Gasteiger partial charge in [-0.05, 0) is 8.07 Å². The Hall–Kier alpha value is 1.55. The molecule has 0 aromatic carbocycles. The third-order valence-corrected chi connectivity index (χ3v) is 6.68. The molecule has 0 spiro atoms. The van der Waals surface area contributed by atoms with Gasteiger partial charge in [-0.3, -0.25) is 6.08 Å². The fourth-order valence-electron chi connectivity index (χ4n) is 1.80. The molecule has 0 unspecified atom stereocenters. The second-order valence-electron chi connectivity index (χ2n) is 5.87. The monoisotopic (exact) mass is 517 g/mol. The Bertz CT molecular complexity index is 245. The molecule has 0 heterocycles. The van der Waals surface area contributed by atoms with Crippen molar-refractivity contribution in [2.75, 3.05) is 0 Å². The molecule has 0 amide bonds. The van der Waals surface area contributed by atoms with E-state index >= 15 is 0 Å². The molecule has 0 fully saturated rings. The molecule has 0 nitrogen and oxygen atoms in total. The molecule has 16 heavy (non-hydrogen) atoms. The Morgan fingerprint density at radius 3 is 1.62 bits per heavy atom. The molecule has 0 bridgehead atoms. The van der Waals surface area contributed by atoms with Gasteiger partial charge in [0.25, 0.3) is 0 Å². The summed E-state index contributed by atoms with van der Waals surface area (Å²) < 4.78 is 0. The molecule has 91 valence electrons. The van der Waals surface area contributed by atoms with Crippen LogP contribution in [0.5, 0.6) is 0 Å². The third-order valence-electron chi connectivity index (χ3n) is 2.41. The van der Waals surface area contributed by atoms with Crippen molar-refractivity contribution in [2.45, 2.75) is 45.7 Å². The second kappa shape index (κ2) is 7.87. The van der Waals surface area contributed by atoms with Gasteiger partial charge in [-0.15, -0.1) is 6.42 Å². The Morgan fingerprint density at radius 1 is 0.938 bits per heavy atom. The maximum Gasteiger partial charge on any atom is 3.00 e. The summed E-state index contributed by atoms with van der Waals surface area (Å²) in [4.78, 5) is 0. The molecule has 0 N–H and O–H groups in total. The molecule has 1 aliphatic carbocycles. The zero-order valence-corrected chi connectivity index (χ0v) is 18.7. The summed E-state index contributed by atoms with van der Waals surface area (Å²) in [6, 6.07) is 0. The van der Waals surface area contributed by atoms with E-state index in [2.05, 4.69) is 51.4 Å². The summed E-state index contributed by atoms with van der Waals surface area (Å²) in [7, 11) is -2.23. The van der Waals surface area contributed by atoms with Gasteiger partial charge in [0.2, 0.25) is 0 Å². The van der Waals surface area contributed by atoms with Gasteiger partial charge < -0.3 is 24.8 Å². The van der Waals surface area contributed by atoms with Crippen molar-refractivity contribution in [3.63, 3.8) is 0 Å². The topological polar surface area (TPSA) is 0 Å². The molecule has 1 aliphatic rings. The van der Waals surface area contributed by atoms with E-state index in [1.165, 1.54) is 0 Å². The third kappa shape index (κ3) is 5.93.